The molecule has 0 heterocycles. The van der Waals surface area contributed by atoms with Crippen LogP contribution in [-0.2, 0) is 0 Å². The molecule has 0 saturated heterocycles. The molecule has 1 aliphatic carbocycles. The van der Waals surface area contributed by atoms with Crippen molar-refractivity contribution in [2.45, 2.75) is 27.2 Å². The lowest BCUT2D eigenvalue weighted by Crippen LogP contribution is -2.21. The Hall–Kier alpha value is -2.78. The standard InChI is InChI=1S/C16H12N2O.C2H6/c1-3-12-7-13(10-17)9-14(8-12)16(19)18-15-5-4-11(2)6-15;1-2/h1,5-9H,4H2,2H3,(H,18,19);1-2H3. The number of carbonyl (C=O) groups excluding carboxylic acids is 1. The van der Waals surface area contributed by atoms with E-state index in [4.69, 9.17) is 11.7 Å². The molecule has 1 amide bonds. The Morgan fingerprint density at radius 2 is 1.95 bits per heavy atom. The highest BCUT2D eigenvalue weighted by molar-refractivity contribution is 5.96. The molecule has 0 aromatic heterocycles. The van der Waals surface area contributed by atoms with Crippen molar-refractivity contribution >= 4 is 5.91 Å². The van der Waals surface area contributed by atoms with Gasteiger partial charge in [-0.15, -0.1) is 6.42 Å². The van der Waals surface area contributed by atoms with E-state index in [2.05, 4.69) is 11.2 Å². The van der Waals surface area contributed by atoms with Gasteiger partial charge in [-0.3, -0.25) is 4.79 Å². The second kappa shape index (κ2) is 7.72. The average Bonchev–Trinajstić information content (AvgIpc) is 2.93. The van der Waals surface area contributed by atoms with Crippen LogP contribution in [-0.4, -0.2) is 5.91 Å². The fourth-order valence-electron chi connectivity index (χ4n) is 1.85. The lowest BCUT2D eigenvalue weighted by atomic mass is 10.1. The molecule has 0 unspecified atom stereocenters. The van der Waals surface area contributed by atoms with Crippen molar-refractivity contribution in [3.8, 4) is 18.4 Å². The topological polar surface area (TPSA) is 52.9 Å². The zero-order valence-corrected chi connectivity index (χ0v) is 12.5. The van der Waals surface area contributed by atoms with Crippen LogP contribution >= 0.6 is 0 Å². The van der Waals surface area contributed by atoms with Crippen LogP contribution in [0.2, 0.25) is 0 Å². The van der Waals surface area contributed by atoms with Gasteiger partial charge in [0.05, 0.1) is 11.6 Å². The summed E-state index contributed by atoms with van der Waals surface area (Å²) < 4.78 is 0. The number of amides is 1. The second-order valence-corrected chi connectivity index (χ2v) is 4.36. The van der Waals surface area contributed by atoms with E-state index in [-0.39, 0.29) is 5.91 Å². The molecule has 106 valence electrons. The minimum atomic E-state index is -0.259. The molecule has 0 radical (unpaired) electrons. The van der Waals surface area contributed by atoms with E-state index in [1.54, 1.807) is 12.1 Å². The highest BCUT2D eigenvalue weighted by Gasteiger charge is 2.11. The number of hydrogen-bond donors (Lipinski definition) is 1. The monoisotopic (exact) mass is 278 g/mol. The van der Waals surface area contributed by atoms with Crippen LogP contribution in [0.15, 0.2) is 41.6 Å². The van der Waals surface area contributed by atoms with Crippen molar-refractivity contribution in [2.24, 2.45) is 0 Å². The third kappa shape index (κ3) is 4.37. The van der Waals surface area contributed by atoms with Gasteiger partial charge < -0.3 is 5.32 Å². The normalized spacial score (nSPS) is 12.0. The van der Waals surface area contributed by atoms with Crippen LogP contribution in [0, 0.1) is 23.7 Å². The fraction of sp³-hybridized carbons (Fsp3) is 0.222. The number of terminal acetylenes is 1. The van der Waals surface area contributed by atoms with Gasteiger partial charge in [-0.2, -0.15) is 5.26 Å². The number of nitriles is 1. The Balaban J connectivity index is 0.00000106. The highest BCUT2D eigenvalue weighted by atomic mass is 16.1. The summed E-state index contributed by atoms with van der Waals surface area (Å²) in [6.07, 6.45) is 10.0. The van der Waals surface area contributed by atoms with Gasteiger partial charge in [0.25, 0.3) is 5.91 Å². The molecule has 0 fully saturated rings. The van der Waals surface area contributed by atoms with E-state index in [0.717, 1.165) is 12.1 Å². The van der Waals surface area contributed by atoms with E-state index in [1.165, 1.54) is 11.6 Å². The van der Waals surface area contributed by atoms with Crippen molar-refractivity contribution in [1.82, 2.24) is 5.32 Å². The van der Waals surface area contributed by atoms with Crippen molar-refractivity contribution in [3.63, 3.8) is 0 Å². The number of nitrogens with one attached hydrogen (secondary N) is 1. The predicted octanol–water partition coefficient (Wildman–Crippen LogP) is 3.53. The van der Waals surface area contributed by atoms with Crippen molar-refractivity contribution in [2.75, 3.05) is 0 Å². The first-order valence-electron chi connectivity index (χ1n) is 6.83. The van der Waals surface area contributed by atoms with Gasteiger partial charge in [0.2, 0.25) is 0 Å². The first kappa shape index (κ1) is 16.3. The van der Waals surface area contributed by atoms with Gasteiger partial charge in [-0.1, -0.05) is 31.4 Å². The number of rotatable bonds is 2. The maximum absolute atomic E-state index is 12.1. The van der Waals surface area contributed by atoms with Crippen LogP contribution in [0.25, 0.3) is 0 Å². The van der Waals surface area contributed by atoms with Crippen LogP contribution in [0.5, 0.6) is 0 Å². The molecule has 21 heavy (non-hydrogen) atoms. The molecule has 0 bridgehead atoms. The van der Waals surface area contributed by atoms with Gasteiger partial charge in [0.15, 0.2) is 0 Å². The Labute approximate surface area is 126 Å². The lowest BCUT2D eigenvalue weighted by molar-refractivity contribution is 0.0967. The molecular formula is C18H18N2O. The summed E-state index contributed by atoms with van der Waals surface area (Å²) in [6, 6.07) is 6.70. The molecule has 0 aliphatic heterocycles. The van der Waals surface area contributed by atoms with Gasteiger partial charge >= 0.3 is 0 Å². The largest absolute Gasteiger partial charge is 0.322 e. The SMILES string of the molecule is C#Cc1cc(C#N)cc(C(=O)NC2=CCC(C)=C2)c1.CC. The summed E-state index contributed by atoms with van der Waals surface area (Å²) in [5.74, 6) is 2.18. The Morgan fingerprint density at radius 3 is 2.48 bits per heavy atom. The quantitative estimate of drug-likeness (QED) is 0.841. The maximum atomic E-state index is 12.1. The molecule has 0 spiro atoms. The third-order valence-corrected chi connectivity index (χ3v) is 2.79. The van der Waals surface area contributed by atoms with Crippen LogP contribution < -0.4 is 5.32 Å². The molecule has 3 nitrogen and oxygen atoms in total. The summed E-state index contributed by atoms with van der Waals surface area (Å²) in [7, 11) is 0. The smallest absolute Gasteiger partial charge is 0.255 e. The summed E-state index contributed by atoms with van der Waals surface area (Å²) in [4.78, 5) is 12.1. The summed E-state index contributed by atoms with van der Waals surface area (Å²) in [6.45, 7) is 6.00. The van der Waals surface area contributed by atoms with Crippen molar-refractivity contribution in [1.29, 1.82) is 5.26 Å². The minimum Gasteiger partial charge on any atom is -0.322 e. The Morgan fingerprint density at radius 1 is 1.29 bits per heavy atom. The third-order valence-electron chi connectivity index (χ3n) is 2.79. The highest BCUT2D eigenvalue weighted by Crippen LogP contribution is 2.15. The fourth-order valence-corrected chi connectivity index (χ4v) is 1.85. The van der Waals surface area contributed by atoms with E-state index in [0.29, 0.717) is 16.7 Å². The molecule has 1 aromatic carbocycles. The summed E-state index contributed by atoms with van der Waals surface area (Å²) >= 11 is 0. The number of hydrogen-bond acceptors (Lipinski definition) is 2. The van der Waals surface area contributed by atoms with E-state index in [1.807, 2.05) is 39.0 Å². The Bertz CT molecular complexity index is 650. The maximum Gasteiger partial charge on any atom is 0.255 e. The van der Waals surface area contributed by atoms with Crippen LogP contribution in [0.3, 0.4) is 0 Å². The number of benzene rings is 1. The number of carbonyl (C=O) groups is 1. The zero-order chi connectivity index (χ0) is 15.8. The molecule has 0 atom stereocenters. The molecule has 1 aliphatic rings. The van der Waals surface area contributed by atoms with Crippen LogP contribution in [0.4, 0.5) is 0 Å². The summed E-state index contributed by atoms with van der Waals surface area (Å²) in [5, 5.41) is 11.7. The van der Waals surface area contributed by atoms with E-state index in [9.17, 15) is 4.79 Å². The molecule has 1 aromatic rings. The van der Waals surface area contributed by atoms with Gasteiger partial charge in [-0.05, 0) is 37.6 Å². The minimum absolute atomic E-state index is 0.259. The number of allylic oxidation sites excluding steroid dienone is 3. The predicted molar refractivity (Wildman–Crippen MR) is 84.4 cm³/mol. The van der Waals surface area contributed by atoms with E-state index >= 15 is 0 Å². The zero-order valence-electron chi connectivity index (χ0n) is 12.5. The molecule has 1 N–H and O–H groups in total. The Kier molecular flexibility index (Phi) is 5.99. The molecule has 2 rings (SSSR count). The average molecular weight is 278 g/mol. The van der Waals surface area contributed by atoms with Crippen LogP contribution in [0.1, 0.15) is 48.7 Å². The lowest BCUT2D eigenvalue weighted by Gasteiger charge is -2.05. The summed E-state index contributed by atoms with van der Waals surface area (Å²) in [5.41, 5.74) is 3.28. The first-order valence-corrected chi connectivity index (χ1v) is 6.83. The van der Waals surface area contributed by atoms with Gasteiger partial charge in [-0.25, -0.2) is 0 Å². The van der Waals surface area contributed by atoms with Gasteiger partial charge in [0.1, 0.15) is 0 Å². The van der Waals surface area contributed by atoms with Crippen molar-refractivity contribution < 1.29 is 4.79 Å². The molecule has 3 heteroatoms. The first-order chi connectivity index (χ1) is 10.1. The second-order valence-electron chi connectivity index (χ2n) is 4.36. The number of nitrogens with zero attached hydrogens (tertiary/aromatic N) is 1. The molecular weight excluding hydrogens is 260 g/mol. The molecule has 0 saturated carbocycles. The van der Waals surface area contributed by atoms with Gasteiger partial charge in [0, 0.05) is 16.8 Å². The van der Waals surface area contributed by atoms with E-state index < -0.39 is 0 Å². The van der Waals surface area contributed by atoms with Crippen molar-refractivity contribution in [3.05, 3.63) is 58.3 Å².